The van der Waals surface area contributed by atoms with Gasteiger partial charge < -0.3 is 15.0 Å². The Morgan fingerprint density at radius 3 is 2.55 bits per heavy atom. The average molecular weight is 518 g/mol. The first-order chi connectivity index (χ1) is 18.4. The zero-order chi connectivity index (χ0) is 26.6. The predicted molar refractivity (Wildman–Crippen MR) is 137 cm³/mol. The lowest BCUT2D eigenvalue weighted by Gasteiger charge is -2.17. The van der Waals surface area contributed by atoms with Crippen LogP contribution in [0.2, 0.25) is 0 Å². The van der Waals surface area contributed by atoms with Crippen molar-refractivity contribution in [2.45, 2.75) is 18.8 Å². The van der Waals surface area contributed by atoms with Crippen molar-refractivity contribution in [1.29, 1.82) is 0 Å². The van der Waals surface area contributed by atoms with Gasteiger partial charge in [0, 0.05) is 30.4 Å². The Morgan fingerprint density at radius 2 is 1.84 bits per heavy atom. The molecule has 4 heterocycles. The highest BCUT2D eigenvalue weighted by molar-refractivity contribution is 6.01. The summed E-state index contributed by atoms with van der Waals surface area (Å²) in [7, 11) is 1.55. The van der Waals surface area contributed by atoms with Crippen molar-refractivity contribution in [2.24, 2.45) is 0 Å². The number of alkyl halides is 2. The molecule has 0 saturated carbocycles. The van der Waals surface area contributed by atoms with Crippen LogP contribution in [0.15, 0.2) is 79.3 Å². The van der Waals surface area contributed by atoms with Crippen molar-refractivity contribution in [2.75, 3.05) is 12.4 Å². The number of rotatable bonds is 8. The van der Waals surface area contributed by atoms with E-state index in [4.69, 9.17) is 4.74 Å². The molecule has 0 unspecified atom stereocenters. The van der Waals surface area contributed by atoms with Crippen molar-refractivity contribution in [3.63, 3.8) is 0 Å². The van der Waals surface area contributed by atoms with Crippen LogP contribution < -0.4 is 10.1 Å². The maximum Gasteiger partial charge on any atom is 0.239 e. The number of nitrogens with zero attached hydrogens (tertiary/aromatic N) is 3. The van der Waals surface area contributed by atoms with E-state index in [1.165, 1.54) is 18.3 Å². The van der Waals surface area contributed by atoms with Gasteiger partial charge in [-0.2, -0.15) is 0 Å². The monoisotopic (exact) mass is 517 g/mol. The van der Waals surface area contributed by atoms with Gasteiger partial charge in [-0.15, -0.1) is 0 Å². The number of pyridine rings is 3. The Labute approximate surface area is 215 Å². The van der Waals surface area contributed by atoms with Crippen LogP contribution in [0.25, 0.3) is 33.5 Å². The highest BCUT2D eigenvalue weighted by atomic mass is 19.3. The molecule has 1 amide bonds. The molecule has 4 aromatic heterocycles. The van der Waals surface area contributed by atoms with Crippen molar-refractivity contribution in [3.8, 4) is 28.3 Å². The van der Waals surface area contributed by atoms with E-state index in [9.17, 15) is 18.0 Å². The Morgan fingerprint density at radius 1 is 1.03 bits per heavy atom. The fraction of sp³-hybridized carbons (Fsp3) is 0.143. The van der Waals surface area contributed by atoms with Crippen LogP contribution in [0.4, 0.5) is 19.0 Å². The minimum absolute atomic E-state index is 0.171. The molecule has 0 bridgehead atoms. The zero-order valence-electron chi connectivity index (χ0n) is 20.2. The number of carbonyl (C=O) groups is 1. The number of carbonyl (C=O) groups excluding carboxylic acids is 1. The molecule has 1 aromatic carbocycles. The summed E-state index contributed by atoms with van der Waals surface area (Å²) >= 11 is 0. The van der Waals surface area contributed by atoms with Crippen LogP contribution in [0.1, 0.15) is 17.9 Å². The predicted octanol–water partition coefficient (Wildman–Crippen LogP) is 6.21. The van der Waals surface area contributed by atoms with E-state index >= 15 is 0 Å². The lowest BCUT2D eigenvalue weighted by Crippen LogP contribution is -2.23. The van der Waals surface area contributed by atoms with Crippen LogP contribution in [0, 0.1) is 5.82 Å². The molecule has 5 rings (SSSR count). The molecule has 2 N–H and O–H groups in total. The average Bonchev–Trinajstić information content (AvgIpc) is 3.31. The first-order valence-electron chi connectivity index (χ1n) is 11.7. The summed E-state index contributed by atoms with van der Waals surface area (Å²) < 4.78 is 45.3. The number of anilines is 1. The summed E-state index contributed by atoms with van der Waals surface area (Å²) in [6, 6.07) is 15.7. The third-order valence-electron chi connectivity index (χ3n) is 6.07. The Bertz CT molecular complexity index is 1570. The topological polar surface area (TPSA) is 92.8 Å². The smallest absolute Gasteiger partial charge is 0.239 e. The van der Waals surface area contributed by atoms with Crippen LogP contribution in [0.5, 0.6) is 5.75 Å². The number of aromatic nitrogens is 4. The molecule has 7 nitrogen and oxygen atoms in total. The fourth-order valence-corrected chi connectivity index (χ4v) is 4.28. The molecule has 0 fully saturated rings. The highest BCUT2D eigenvalue weighted by Crippen LogP contribution is 2.38. The number of fused-ring (bicyclic) bond motifs is 1. The molecule has 0 saturated heterocycles. The Balaban J connectivity index is 1.52. The van der Waals surface area contributed by atoms with Gasteiger partial charge in [0.1, 0.15) is 17.4 Å². The normalized spacial score (nSPS) is 12.0. The second-order valence-electron chi connectivity index (χ2n) is 8.51. The number of aromatic amines is 1. The molecule has 38 heavy (non-hydrogen) atoms. The molecule has 0 aliphatic carbocycles. The number of hydrogen-bond donors (Lipinski definition) is 2. The van der Waals surface area contributed by atoms with Crippen molar-refractivity contribution in [1.82, 2.24) is 19.9 Å². The van der Waals surface area contributed by atoms with Gasteiger partial charge in [0.05, 0.1) is 47.2 Å². The van der Waals surface area contributed by atoms with Crippen LogP contribution in [-0.2, 0) is 4.79 Å². The summed E-state index contributed by atoms with van der Waals surface area (Å²) in [6.07, 6.45) is 1.36. The maximum atomic E-state index is 13.4. The van der Waals surface area contributed by atoms with Crippen LogP contribution in [0.3, 0.4) is 0 Å². The molecule has 10 heteroatoms. The summed E-state index contributed by atoms with van der Waals surface area (Å²) in [4.78, 5) is 29.7. The highest BCUT2D eigenvalue weighted by Gasteiger charge is 2.26. The van der Waals surface area contributed by atoms with Crippen LogP contribution in [-0.4, -0.2) is 39.4 Å². The van der Waals surface area contributed by atoms with Gasteiger partial charge in [-0.25, -0.2) is 18.2 Å². The first kappa shape index (κ1) is 24.9. The molecule has 5 aromatic rings. The number of methoxy groups -OCH3 is 1. The third-order valence-corrected chi connectivity index (χ3v) is 6.07. The third kappa shape index (κ3) is 5.19. The van der Waals surface area contributed by atoms with Gasteiger partial charge in [-0.1, -0.05) is 18.2 Å². The molecule has 0 spiro atoms. The number of ether oxygens (including phenoxy) is 1. The fourth-order valence-electron chi connectivity index (χ4n) is 4.28. The summed E-state index contributed by atoms with van der Waals surface area (Å²) in [5, 5.41) is 2.64. The second kappa shape index (κ2) is 10.7. The number of benzene rings is 1. The summed E-state index contributed by atoms with van der Waals surface area (Å²) in [6.45, 7) is 0. The first-order valence-corrected chi connectivity index (χ1v) is 11.7. The van der Waals surface area contributed by atoms with Crippen molar-refractivity contribution in [3.05, 3.63) is 90.6 Å². The number of amides is 1. The SMILES string of the molecule is COc1cnc2c(-c3ccccn3)c(-c3ccnc(NC(=O)[C@@H](CC(F)F)c4ccc(F)cc4)c3)[nH]c2c1. The molecular formula is C28H22F3N5O2. The van der Waals surface area contributed by atoms with Gasteiger partial charge in [-0.05, 0) is 42.0 Å². The van der Waals surface area contributed by atoms with Gasteiger partial charge >= 0.3 is 0 Å². The van der Waals surface area contributed by atoms with E-state index in [-0.39, 0.29) is 11.4 Å². The quantitative estimate of drug-likeness (QED) is 0.255. The van der Waals surface area contributed by atoms with E-state index in [0.29, 0.717) is 28.2 Å². The molecule has 192 valence electrons. The number of halogens is 3. The standard InChI is InChI=1S/C28H22F3N5O2/c1-38-19-13-22-27(34-15-19)25(21-4-2-3-10-32-21)26(35-22)17-9-11-33-24(12-17)36-28(37)20(14-23(30)31)16-5-7-18(29)8-6-16/h2-13,15,20,23,35H,14H2,1H3,(H,33,36,37)/t20-/m0/s1. The molecular weight excluding hydrogens is 495 g/mol. The minimum atomic E-state index is -2.73. The second-order valence-corrected chi connectivity index (χ2v) is 8.51. The summed E-state index contributed by atoms with van der Waals surface area (Å²) in [5.41, 5.74) is 4.45. The minimum Gasteiger partial charge on any atom is -0.495 e. The van der Waals surface area contributed by atoms with Gasteiger partial charge in [0.15, 0.2) is 0 Å². The molecule has 0 radical (unpaired) electrons. The maximum absolute atomic E-state index is 13.4. The van der Waals surface area contributed by atoms with Gasteiger partial charge in [0.2, 0.25) is 12.3 Å². The number of H-pyrrole nitrogens is 1. The van der Waals surface area contributed by atoms with Crippen LogP contribution >= 0.6 is 0 Å². The number of hydrogen-bond acceptors (Lipinski definition) is 5. The largest absolute Gasteiger partial charge is 0.495 e. The van der Waals surface area contributed by atoms with Gasteiger partial charge in [0.25, 0.3) is 0 Å². The van der Waals surface area contributed by atoms with E-state index in [1.807, 2.05) is 24.3 Å². The van der Waals surface area contributed by atoms with Crippen molar-refractivity contribution < 1.29 is 22.7 Å². The van der Waals surface area contributed by atoms with E-state index in [1.54, 1.807) is 31.6 Å². The summed E-state index contributed by atoms with van der Waals surface area (Å²) in [5.74, 6) is -1.63. The molecule has 0 aliphatic rings. The molecule has 1 atom stereocenters. The van der Waals surface area contributed by atoms with Gasteiger partial charge in [-0.3, -0.25) is 14.8 Å². The lowest BCUT2D eigenvalue weighted by atomic mass is 9.95. The Kier molecular flexibility index (Phi) is 7.03. The van der Waals surface area contributed by atoms with E-state index in [0.717, 1.165) is 23.2 Å². The van der Waals surface area contributed by atoms with E-state index in [2.05, 4.69) is 25.3 Å². The zero-order valence-corrected chi connectivity index (χ0v) is 20.2. The Hall–Kier alpha value is -4.73. The lowest BCUT2D eigenvalue weighted by molar-refractivity contribution is -0.118. The van der Waals surface area contributed by atoms with E-state index < -0.39 is 30.5 Å². The van der Waals surface area contributed by atoms with Crippen molar-refractivity contribution >= 4 is 22.8 Å². The molecule has 0 aliphatic heterocycles. The number of nitrogens with one attached hydrogen (secondary N) is 2.